The standard InChI is InChI=1S/C22H24N4O/c1-3-4-14-27-20-12-10-18(11-13-20)16-23-26-22-15-21(24-17(2)25-22)19-8-6-5-7-9-19/h5-13,15-16H,3-4,14H2,1-2H3,(H,24,25,26). The zero-order valence-corrected chi connectivity index (χ0v) is 15.7. The maximum Gasteiger partial charge on any atom is 0.150 e. The summed E-state index contributed by atoms with van der Waals surface area (Å²) < 4.78 is 5.67. The highest BCUT2D eigenvalue weighted by Gasteiger charge is 2.03. The van der Waals surface area contributed by atoms with Gasteiger partial charge in [0.05, 0.1) is 18.5 Å². The lowest BCUT2D eigenvalue weighted by Crippen LogP contribution is -1.99. The van der Waals surface area contributed by atoms with Crippen molar-refractivity contribution in [1.82, 2.24) is 9.97 Å². The van der Waals surface area contributed by atoms with Crippen molar-refractivity contribution in [3.05, 3.63) is 72.1 Å². The van der Waals surface area contributed by atoms with E-state index >= 15 is 0 Å². The highest BCUT2D eigenvalue weighted by atomic mass is 16.5. The molecule has 2 aromatic carbocycles. The molecule has 3 aromatic rings. The molecule has 1 heterocycles. The van der Waals surface area contributed by atoms with E-state index in [1.165, 1.54) is 0 Å². The van der Waals surface area contributed by atoms with E-state index in [1.807, 2.05) is 67.6 Å². The van der Waals surface area contributed by atoms with E-state index in [4.69, 9.17) is 4.74 Å². The molecule has 5 nitrogen and oxygen atoms in total. The minimum atomic E-state index is 0.664. The van der Waals surface area contributed by atoms with Crippen molar-refractivity contribution in [2.75, 3.05) is 12.0 Å². The molecule has 0 aliphatic rings. The van der Waals surface area contributed by atoms with Crippen LogP contribution in [0, 0.1) is 6.92 Å². The van der Waals surface area contributed by atoms with Crippen molar-refractivity contribution in [3.8, 4) is 17.0 Å². The molecule has 138 valence electrons. The first-order chi connectivity index (χ1) is 13.2. The van der Waals surface area contributed by atoms with Crippen LogP contribution in [0.2, 0.25) is 0 Å². The first-order valence-corrected chi connectivity index (χ1v) is 9.17. The molecule has 0 saturated carbocycles. The van der Waals surface area contributed by atoms with Gasteiger partial charge in [0, 0.05) is 11.6 Å². The summed E-state index contributed by atoms with van der Waals surface area (Å²) in [5, 5.41) is 4.29. The largest absolute Gasteiger partial charge is 0.494 e. The molecular formula is C22H24N4O. The highest BCUT2D eigenvalue weighted by molar-refractivity contribution is 5.80. The topological polar surface area (TPSA) is 59.4 Å². The van der Waals surface area contributed by atoms with Gasteiger partial charge in [-0.05, 0) is 43.2 Å². The van der Waals surface area contributed by atoms with Gasteiger partial charge in [0.15, 0.2) is 0 Å². The molecule has 1 N–H and O–H groups in total. The van der Waals surface area contributed by atoms with Crippen molar-refractivity contribution in [1.29, 1.82) is 0 Å². The number of benzene rings is 2. The maximum absolute atomic E-state index is 5.67. The van der Waals surface area contributed by atoms with Crippen LogP contribution in [0.4, 0.5) is 5.82 Å². The molecule has 0 fully saturated rings. The Morgan fingerprint density at radius 2 is 1.81 bits per heavy atom. The quantitative estimate of drug-likeness (QED) is 0.346. The molecule has 3 rings (SSSR count). The summed E-state index contributed by atoms with van der Waals surface area (Å²) in [6.45, 7) is 4.78. The number of hydrogen-bond acceptors (Lipinski definition) is 5. The second-order valence-corrected chi connectivity index (χ2v) is 6.19. The number of anilines is 1. The minimum absolute atomic E-state index is 0.664. The van der Waals surface area contributed by atoms with Gasteiger partial charge in [-0.25, -0.2) is 9.97 Å². The summed E-state index contributed by atoms with van der Waals surface area (Å²) in [6.07, 6.45) is 3.96. The van der Waals surface area contributed by atoms with Crippen LogP contribution in [-0.2, 0) is 0 Å². The average Bonchev–Trinajstić information content (AvgIpc) is 2.70. The molecule has 27 heavy (non-hydrogen) atoms. The summed E-state index contributed by atoms with van der Waals surface area (Å²) in [5.41, 5.74) is 5.89. The van der Waals surface area contributed by atoms with Crippen molar-refractivity contribution in [3.63, 3.8) is 0 Å². The number of aryl methyl sites for hydroxylation is 1. The third-order valence-electron chi connectivity index (χ3n) is 3.95. The molecule has 0 bridgehead atoms. The van der Waals surface area contributed by atoms with Gasteiger partial charge in [-0.3, -0.25) is 5.43 Å². The molecule has 5 heteroatoms. The molecule has 0 saturated heterocycles. The first-order valence-electron chi connectivity index (χ1n) is 9.17. The number of rotatable bonds is 8. The fourth-order valence-corrected chi connectivity index (χ4v) is 2.54. The van der Waals surface area contributed by atoms with Gasteiger partial charge in [0.1, 0.15) is 17.4 Å². The number of hydrazone groups is 1. The third kappa shape index (κ3) is 5.64. The summed E-state index contributed by atoms with van der Waals surface area (Å²) in [5.74, 6) is 2.24. The van der Waals surface area contributed by atoms with E-state index in [1.54, 1.807) is 6.21 Å². The van der Waals surface area contributed by atoms with Crippen LogP contribution in [0.3, 0.4) is 0 Å². The van der Waals surface area contributed by atoms with Crippen LogP contribution in [0.5, 0.6) is 5.75 Å². The SMILES string of the molecule is CCCCOc1ccc(C=NNc2cc(-c3ccccc3)nc(C)n2)cc1. The fraction of sp³-hybridized carbons (Fsp3) is 0.227. The summed E-state index contributed by atoms with van der Waals surface area (Å²) in [4.78, 5) is 8.88. The van der Waals surface area contributed by atoms with Crippen LogP contribution < -0.4 is 10.2 Å². The zero-order valence-electron chi connectivity index (χ0n) is 15.7. The van der Waals surface area contributed by atoms with Crippen LogP contribution in [0.1, 0.15) is 31.2 Å². The predicted molar refractivity (Wildman–Crippen MR) is 110 cm³/mol. The Labute approximate surface area is 160 Å². The lowest BCUT2D eigenvalue weighted by Gasteiger charge is -2.06. The lowest BCUT2D eigenvalue weighted by atomic mass is 10.1. The highest BCUT2D eigenvalue weighted by Crippen LogP contribution is 2.19. The fourth-order valence-electron chi connectivity index (χ4n) is 2.54. The molecule has 0 unspecified atom stereocenters. The smallest absolute Gasteiger partial charge is 0.150 e. The number of nitrogens with one attached hydrogen (secondary N) is 1. The maximum atomic E-state index is 5.67. The molecule has 0 atom stereocenters. The number of aromatic nitrogens is 2. The Hall–Kier alpha value is -3.21. The van der Waals surface area contributed by atoms with Crippen LogP contribution >= 0.6 is 0 Å². The van der Waals surface area contributed by atoms with Crippen LogP contribution in [-0.4, -0.2) is 22.8 Å². The summed E-state index contributed by atoms with van der Waals surface area (Å²) >= 11 is 0. The Bertz CT molecular complexity index is 877. The van der Waals surface area contributed by atoms with Crippen molar-refractivity contribution in [2.45, 2.75) is 26.7 Å². The molecule has 0 spiro atoms. The molecular weight excluding hydrogens is 336 g/mol. The molecule has 1 aromatic heterocycles. The average molecular weight is 360 g/mol. The van der Waals surface area contributed by atoms with E-state index in [2.05, 4.69) is 27.4 Å². The van der Waals surface area contributed by atoms with E-state index in [9.17, 15) is 0 Å². The number of nitrogens with zero attached hydrogens (tertiary/aromatic N) is 3. The van der Waals surface area contributed by atoms with Crippen molar-refractivity contribution in [2.24, 2.45) is 5.10 Å². The Morgan fingerprint density at radius 1 is 1.04 bits per heavy atom. The van der Waals surface area contributed by atoms with Gasteiger partial charge in [-0.2, -0.15) is 5.10 Å². The van der Waals surface area contributed by atoms with E-state index in [0.29, 0.717) is 11.6 Å². The third-order valence-corrected chi connectivity index (χ3v) is 3.95. The van der Waals surface area contributed by atoms with Gasteiger partial charge in [-0.15, -0.1) is 0 Å². The van der Waals surface area contributed by atoms with Crippen molar-refractivity contribution < 1.29 is 4.74 Å². The predicted octanol–water partition coefficient (Wildman–Crippen LogP) is 5.08. The zero-order chi connectivity index (χ0) is 18.9. The number of ether oxygens (including phenoxy) is 1. The van der Waals surface area contributed by atoms with Crippen LogP contribution in [0.15, 0.2) is 65.8 Å². The monoisotopic (exact) mass is 360 g/mol. The summed E-state index contributed by atoms with van der Waals surface area (Å²) in [7, 11) is 0. The van der Waals surface area contributed by atoms with E-state index in [-0.39, 0.29) is 0 Å². The van der Waals surface area contributed by atoms with Gasteiger partial charge < -0.3 is 4.74 Å². The van der Waals surface area contributed by atoms with E-state index < -0.39 is 0 Å². The lowest BCUT2D eigenvalue weighted by molar-refractivity contribution is 0.309. The van der Waals surface area contributed by atoms with Gasteiger partial charge in [0.25, 0.3) is 0 Å². The number of hydrogen-bond donors (Lipinski definition) is 1. The van der Waals surface area contributed by atoms with Crippen LogP contribution in [0.25, 0.3) is 11.3 Å². The summed E-state index contributed by atoms with van der Waals surface area (Å²) in [6, 6.07) is 19.8. The Morgan fingerprint density at radius 3 is 2.56 bits per heavy atom. The molecule has 0 radical (unpaired) electrons. The second-order valence-electron chi connectivity index (χ2n) is 6.19. The molecule has 0 aliphatic heterocycles. The number of unbranched alkanes of at least 4 members (excludes halogenated alkanes) is 1. The van der Waals surface area contributed by atoms with Gasteiger partial charge in [0.2, 0.25) is 0 Å². The normalized spacial score (nSPS) is 10.9. The van der Waals surface area contributed by atoms with Gasteiger partial charge in [-0.1, -0.05) is 43.7 Å². The first kappa shape index (κ1) is 18.6. The Balaban J connectivity index is 1.63. The van der Waals surface area contributed by atoms with Gasteiger partial charge >= 0.3 is 0 Å². The second kappa shape index (κ2) is 9.48. The molecule has 0 amide bonds. The van der Waals surface area contributed by atoms with E-state index in [0.717, 1.165) is 42.0 Å². The molecule has 0 aliphatic carbocycles. The Kier molecular flexibility index (Phi) is 6.52. The van der Waals surface area contributed by atoms with Crippen molar-refractivity contribution >= 4 is 12.0 Å². The minimum Gasteiger partial charge on any atom is -0.494 e.